The van der Waals surface area contributed by atoms with Crippen molar-refractivity contribution in [3.63, 3.8) is 0 Å². The molecule has 0 aromatic heterocycles. The van der Waals surface area contributed by atoms with Crippen LogP contribution in [0.2, 0.25) is 0 Å². The third-order valence-electron chi connectivity index (χ3n) is 4.84. The normalized spacial score (nSPS) is 16.1. The molecule has 0 bridgehead atoms. The van der Waals surface area contributed by atoms with Gasteiger partial charge in [-0.15, -0.1) is 0 Å². The van der Waals surface area contributed by atoms with Gasteiger partial charge in [0.2, 0.25) is 5.91 Å². The predicted molar refractivity (Wildman–Crippen MR) is 104 cm³/mol. The molecule has 6 nitrogen and oxygen atoms in total. The molecule has 1 heterocycles. The second-order valence-corrected chi connectivity index (χ2v) is 6.87. The number of likely N-dealkylation sites (tertiary alicyclic amines) is 1. The van der Waals surface area contributed by atoms with Gasteiger partial charge in [0.05, 0.1) is 19.1 Å². The molecule has 148 valence electrons. The molecule has 1 aliphatic heterocycles. The maximum absolute atomic E-state index is 12.9. The van der Waals surface area contributed by atoms with Gasteiger partial charge in [-0.05, 0) is 48.2 Å². The summed E-state index contributed by atoms with van der Waals surface area (Å²) in [6.07, 6.45) is 2.04. The lowest BCUT2D eigenvalue weighted by atomic mass is 10.1. The van der Waals surface area contributed by atoms with Crippen LogP contribution in [0.25, 0.3) is 0 Å². The monoisotopic (exact) mass is 385 g/mol. The van der Waals surface area contributed by atoms with Gasteiger partial charge < -0.3 is 20.6 Å². The molecule has 0 saturated carbocycles. The molecule has 0 radical (unpaired) electrons. The largest absolute Gasteiger partial charge is 0.394 e. The lowest BCUT2D eigenvalue weighted by Gasteiger charge is -2.23. The summed E-state index contributed by atoms with van der Waals surface area (Å²) in [5.41, 5.74) is 2.27. The molecule has 2 aromatic rings. The number of hydrogen-bond acceptors (Lipinski definition) is 3. The van der Waals surface area contributed by atoms with Crippen molar-refractivity contribution in [3.8, 4) is 0 Å². The highest BCUT2D eigenvalue weighted by molar-refractivity contribution is 5.89. The van der Waals surface area contributed by atoms with E-state index in [1.165, 1.54) is 12.1 Å². The summed E-state index contributed by atoms with van der Waals surface area (Å²) in [5.74, 6) is -0.308. The number of nitrogens with one attached hydrogen (secondary N) is 2. The molecule has 2 aromatic carbocycles. The van der Waals surface area contributed by atoms with Crippen LogP contribution in [0.5, 0.6) is 0 Å². The lowest BCUT2D eigenvalue weighted by molar-refractivity contribution is -0.131. The number of aliphatic hydroxyl groups excluding tert-OH is 1. The van der Waals surface area contributed by atoms with Crippen LogP contribution >= 0.6 is 0 Å². The van der Waals surface area contributed by atoms with Crippen molar-refractivity contribution in [2.24, 2.45) is 0 Å². The number of carbonyl (C=O) groups is 2. The van der Waals surface area contributed by atoms with E-state index < -0.39 is 0 Å². The zero-order chi connectivity index (χ0) is 19.9. The van der Waals surface area contributed by atoms with Crippen LogP contribution in [-0.4, -0.2) is 41.1 Å². The first-order valence-electron chi connectivity index (χ1n) is 9.33. The summed E-state index contributed by atoms with van der Waals surface area (Å²) in [6, 6.07) is 12.6. The van der Waals surface area contributed by atoms with Crippen molar-refractivity contribution in [1.29, 1.82) is 0 Å². The van der Waals surface area contributed by atoms with E-state index in [2.05, 4.69) is 10.6 Å². The third-order valence-corrected chi connectivity index (χ3v) is 4.84. The van der Waals surface area contributed by atoms with Gasteiger partial charge in [0.1, 0.15) is 5.82 Å². The van der Waals surface area contributed by atoms with Crippen molar-refractivity contribution < 1.29 is 19.1 Å². The number of hydrogen-bond donors (Lipinski definition) is 3. The summed E-state index contributed by atoms with van der Waals surface area (Å²) in [7, 11) is 0. The zero-order valence-electron chi connectivity index (χ0n) is 15.5. The van der Waals surface area contributed by atoms with E-state index in [9.17, 15) is 19.1 Å². The number of nitrogens with zero attached hydrogens (tertiary/aromatic N) is 1. The van der Waals surface area contributed by atoms with E-state index in [0.29, 0.717) is 18.8 Å². The van der Waals surface area contributed by atoms with E-state index in [1.54, 1.807) is 41.3 Å². The number of anilines is 1. The van der Waals surface area contributed by atoms with Crippen LogP contribution in [0, 0.1) is 5.82 Å². The van der Waals surface area contributed by atoms with Crippen molar-refractivity contribution >= 4 is 17.6 Å². The van der Waals surface area contributed by atoms with Crippen LogP contribution in [0.1, 0.15) is 24.0 Å². The molecule has 3 rings (SSSR count). The highest BCUT2D eigenvalue weighted by atomic mass is 19.1. The molecule has 3 amide bonds. The van der Waals surface area contributed by atoms with Crippen LogP contribution in [0.15, 0.2) is 48.5 Å². The van der Waals surface area contributed by atoms with Crippen LogP contribution in [0.3, 0.4) is 0 Å². The Labute approximate surface area is 163 Å². The number of amides is 3. The van der Waals surface area contributed by atoms with Gasteiger partial charge >= 0.3 is 6.03 Å². The first-order valence-corrected chi connectivity index (χ1v) is 9.33. The fraction of sp³-hybridized carbons (Fsp3) is 0.333. The molecule has 0 spiro atoms. The third kappa shape index (κ3) is 5.29. The van der Waals surface area contributed by atoms with E-state index in [0.717, 1.165) is 24.0 Å². The fourth-order valence-corrected chi connectivity index (χ4v) is 3.30. The van der Waals surface area contributed by atoms with Gasteiger partial charge in [-0.2, -0.15) is 0 Å². The molecular formula is C21H24FN3O3. The second-order valence-electron chi connectivity index (χ2n) is 6.87. The van der Waals surface area contributed by atoms with Crippen LogP contribution in [0.4, 0.5) is 14.9 Å². The van der Waals surface area contributed by atoms with Crippen molar-refractivity contribution in [2.45, 2.75) is 31.8 Å². The van der Waals surface area contributed by atoms with Gasteiger partial charge in [0, 0.05) is 18.8 Å². The zero-order valence-corrected chi connectivity index (χ0v) is 15.5. The molecule has 1 atom stereocenters. The topological polar surface area (TPSA) is 81.7 Å². The van der Waals surface area contributed by atoms with Gasteiger partial charge in [0.25, 0.3) is 0 Å². The highest BCUT2D eigenvalue weighted by Gasteiger charge is 2.27. The Hall–Kier alpha value is -2.93. The highest BCUT2D eigenvalue weighted by Crippen LogP contribution is 2.19. The Morgan fingerprint density at radius 1 is 1.07 bits per heavy atom. The maximum atomic E-state index is 12.9. The summed E-state index contributed by atoms with van der Waals surface area (Å²) >= 11 is 0. The molecule has 3 N–H and O–H groups in total. The Kier molecular flexibility index (Phi) is 6.60. The second kappa shape index (κ2) is 9.32. The Balaban J connectivity index is 1.47. The molecule has 1 saturated heterocycles. The minimum atomic E-state index is -0.365. The van der Waals surface area contributed by atoms with E-state index in [1.807, 2.05) is 0 Å². The molecule has 28 heavy (non-hydrogen) atoms. The van der Waals surface area contributed by atoms with Crippen molar-refractivity contribution in [2.75, 3.05) is 18.5 Å². The van der Waals surface area contributed by atoms with Gasteiger partial charge in [0.15, 0.2) is 0 Å². The maximum Gasteiger partial charge on any atom is 0.319 e. The predicted octanol–water partition coefficient (Wildman–Crippen LogP) is 2.67. The Morgan fingerprint density at radius 3 is 2.43 bits per heavy atom. The average molecular weight is 385 g/mol. The van der Waals surface area contributed by atoms with Crippen LogP contribution in [-0.2, 0) is 17.8 Å². The average Bonchev–Trinajstić information content (AvgIpc) is 3.18. The quantitative estimate of drug-likeness (QED) is 0.715. The molecule has 1 aliphatic rings. The van der Waals surface area contributed by atoms with E-state index in [-0.39, 0.29) is 36.8 Å². The lowest BCUT2D eigenvalue weighted by Crippen LogP contribution is -2.38. The summed E-state index contributed by atoms with van der Waals surface area (Å²) < 4.78 is 12.9. The summed E-state index contributed by atoms with van der Waals surface area (Å²) in [5, 5.41) is 14.8. The molecule has 0 aliphatic carbocycles. The molecule has 1 fully saturated rings. The van der Waals surface area contributed by atoms with E-state index in [4.69, 9.17) is 0 Å². The van der Waals surface area contributed by atoms with Crippen molar-refractivity contribution in [3.05, 3.63) is 65.5 Å². The molecule has 0 unspecified atom stereocenters. The minimum absolute atomic E-state index is 0.00162. The summed E-state index contributed by atoms with van der Waals surface area (Å²) in [4.78, 5) is 26.1. The number of benzene rings is 2. The number of rotatable bonds is 6. The Morgan fingerprint density at radius 2 is 1.75 bits per heavy atom. The first kappa shape index (κ1) is 19.8. The standard InChI is InChI=1S/C21H24FN3O3/c22-17-7-3-16(4-8-17)13-23-21(28)24-18-9-5-15(6-10-18)12-20(27)25-11-1-2-19(25)14-26/h3-10,19,26H,1-2,11-14H2,(H2,23,24,28)/t19-/m1/s1. The number of halogens is 1. The van der Waals surface area contributed by atoms with Crippen molar-refractivity contribution in [1.82, 2.24) is 10.2 Å². The number of carbonyl (C=O) groups excluding carboxylic acids is 2. The summed E-state index contributed by atoms with van der Waals surface area (Å²) in [6.45, 7) is 0.986. The molecule has 7 heteroatoms. The smallest absolute Gasteiger partial charge is 0.319 e. The Bertz CT molecular complexity index is 809. The number of aliphatic hydroxyl groups is 1. The fourth-order valence-electron chi connectivity index (χ4n) is 3.30. The van der Waals surface area contributed by atoms with Gasteiger partial charge in [-0.25, -0.2) is 9.18 Å². The number of urea groups is 1. The SMILES string of the molecule is O=C(NCc1ccc(F)cc1)Nc1ccc(CC(=O)N2CCC[C@@H]2CO)cc1. The van der Waals surface area contributed by atoms with Gasteiger partial charge in [-0.3, -0.25) is 4.79 Å². The van der Waals surface area contributed by atoms with Crippen LogP contribution < -0.4 is 10.6 Å². The first-order chi connectivity index (χ1) is 13.5. The van der Waals surface area contributed by atoms with E-state index >= 15 is 0 Å². The minimum Gasteiger partial charge on any atom is -0.394 e. The molecular weight excluding hydrogens is 361 g/mol. The van der Waals surface area contributed by atoms with Gasteiger partial charge in [-0.1, -0.05) is 24.3 Å².